The minimum atomic E-state index is 0.442. The quantitative estimate of drug-likeness (QED) is 0.581. The molecule has 0 unspecified atom stereocenters. The molecule has 0 saturated heterocycles. The third kappa shape index (κ3) is 1.00. The van der Waals surface area contributed by atoms with E-state index in [1.54, 1.807) is 0 Å². The number of nitrogen functional groups attached to an aromatic ring is 1. The maximum absolute atomic E-state index is 8.37. The fourth-order valence-corrected chi connectivity index (χ4v) is 1.16. The lowest BCUT2D eigenvalue weighted by molar-refractivity contribution is 1.31. The number of hydrogen-bond donors (Lipinski definition) is 1. The van der Waals surface area contributed by atoms with Crippen molar-refractivity contribution in [3.05, 3.63) is 10.6 Å². The van der Waals surface area contributed by atoms with Gasteiger partial charge in [0.1, 0.15) is 6.07 Å². The van der Waals surface area contributed by atoms with Crippen LogP contribution in [0.3, 0.4) is 0 Å². The molecule has 0 bridgehead atoms. The summed E-state index contributed by atoms with van der Waals surface area (Å²) in [6.07, 6.45) is 0. The van der Waals surface area contributed by atoms with Crippen molar-refractivity contribution in [2.24, 2.45) is 0 Å². The van der Waals surface area contributed by atoms with Crippen molar-refractivity contribution in [3.63, 3.8) is 0 Å². The summed E-state index contributed by atoms with van der Waals surface area (Å²) in [6.45, 7) is 1.83. The number of anilines is 1. The number of thiazole rings is 1. The second-order valence-corrected chi connectivity index (χ2v) is 2.80. The standard InChI is InChI=1S/C5H5N3S/c1-3-4(2-6)8-5(7)9-3/h1H3,(H2,7,8). The van der Waals surface area contributed by atoms with E-state index in [-0.39, 0.29) is 0 Å². The first kappa shape index (κ1) is 6.05. The summed E-state index contributed by atoms with van der Waals surface area (Å²) in [6, 6.07) is 1.94. The number of aryl methyl sites for hydroxylation is 1. The minimum absolute atomic E-state index is 0.442. The molecule has 1 aromatic rings. The van der Waals surface area contributed by atoms with E-state index in [9.17, 15) is 0 Å². The molecular weight excluding hydrogens is 134 g/mol. The SMILES string of the molecule is Cc1sc(N)nc1C#N. The van der Waals surface area contributed by atoms with Gasteiger partial charge in [-0.15, -0.1) is 11.3 Å². The average molecular weight is 139 g/mol. The summed E-state index contributed by atoms with van der Waals surface area (Å²) in [5, 5.41) is 8.83. The van der Waals surface area contributed by atoms with Crippen molar-refractivity contribution < 1.29 is 0 Å². The van der Waals surface area contributed by atoms with Gasteiger partial charge in [-0.25, -0.2) is 4.98 Å². The molecule has 9 heavy (non-hydrogen) atoms. The molecule has 1 heterocycles. The van der Waals surface area contributed by atoms with E-state index >= 15 is 0 Å². The molecule has 0 radical (unpaired) electrons. The van der Waals surface area contributed by atoms with E-state index in [1.165, 1.54) is 11.3 Å². The molecule has 0 aliphatic heterocycles. The Morgan fingerprint density at radius 3 is 2.67 bits per heavy atom. The van der Waals surface area contributed by atoms with Crippen molar-refractivity contribution in [3.8, 4) is 6.07 Å². The Morgan fingerprint density at radius 2 is 2.44 bits per heavy atom. The lowest BCUT2D eigenvalue weighted by Crippen LogP contribution is -1.81. The van der Waals surface area contributed by atoms with Gasteiger partial charge in [-0.2, -0.15) is 5.26 Å². The van der Waals surface area contributed by atoms with Gasteiger partial charge in [-0.1, -0.05) is 0 Å². The molecule has 0 atom stereocenters. The maximum Gasteiger partial charge on any atom is 0.181 e. The summed E-state index contributed by atoms with van der Waals surface area (Å²) in [7, 11) is 0. The summed E-state index contributed by atoms with van der Waals surface area (Å²) in [5.74, 6) is 0. The highest BCUT2D eigenvalue weighted by molar-refractivity contribution is 7.15. The Morgan fingerprint density at radius 1 is 1.78 bits per heavy atom. The van der Waals surface area contributed by atoms with E-state index in [4.69, 9.17) is 11.0 Å². The first-order valence-electron chi connectivity index (χ1n) is 2.37. The second-order valence-electron chi connectivity index (χ2n) is 1.57. The average Bonchev–Trinajstić information content (AvgIpc) is 2.10. The van der Waals surface area contributed by atoms with Gasteiger partial charge in [0.15, 0.2) is 10.8 Å². The smallest absolute Gasteiger partial charge is 0.181 e. The van der Waals surface area contributed by atoms with Gasteiger partial charge in [0.2, 0.25) is 0 Å². The third-order valence-electron chi connectivity index (χ3n) is 0.919. The van der Waals surface area contributed by atoms with E-state index < -0.39 is 0 Å². The van der Waals surface area contributed by atoms with Crippen LogP contribution < -0.4 is 5.73 Å². The molecule has 1 aromatic heterocycles. The zero-order valence-electron chi connectivity index (χ0n) is 4.88. The molecule has 0 aliphatic carbocycles. The molecule has 0 aliphatic rings. The van der Waals surface area contributed by atoms with Crippen molar-refractivity contribution in [1.29, 1.82) is 5.26 Å². The van der Waals surface area contributed by atoms with Crippen LogP contribution in [0.2, 0.25) is 0 Å². The van der Waals surface area contributed by atoms with Crippen LogP contribution in [-0.4, -0.2) is 4.98 Å². The lowest BCUT2D eigenvalue weighted by atomic mass is 10.4. The summed E-state index contributed by atoms with van der Waals surface area (Å²) < 4.78 is 0. The predicted molar refractivity (Wildman–Crippen MR) is 36.0 cm³/mol. The first-order chi connectivity index (χ1) is 4.24. The van der Waals surface area contributed by atoms with Crippen LogP contribution in [0.4, 0.5) is 5.13 Å². The molecule has 4 heteroatoms. The Kier molecular flexibility index (Phi) is 1.37. The molecule has 0 amide bonds. The van der Waals surface area contributed by atoms with Crippen molar-refractivity contribution >= 4 is 16.5 Å². The van der Waals surface area contributed by atoms with Crippen LogP contribution in [0.15, 0.2) is 0 Å². The zero-order valence-corrected chi connectivity index (χ0v) is 5.70. The highest BCUT2D eigenvalue weighted by Gasteiger charge is 2.01. The van der Waals surface area contributed by atoms with Crippen LogP contribution in [0, 0.1) is 18.3 Å². The molecule has 46 valence electrons. The van der Waals surface area contributed by atoms with Crippen LogP contribution >= 0.6 is 11.3 Å². The first-order valence-corrected chi connectivity index (χ1v) is 3.18. The summed E-state index contributed by atoms with van der Waals surface area (Å²) in [5.41, 5.74) is 5.75. The Labute approximate surface area is 56.8 Å². The van der Waals surface area contributed by atoms with Gasteiger partial charge in [0.25, 0.3) is 0 Å². The monoisotopic (exact) mass is 139 g/mol. The van der Waals surface area contributed by atoms with Crippen molar-refractivity contribution in [2.45, 2.75) is 6.92 Å². The number of nitrogens with zero attached hydrogens (tertiary/aromatic N) is 2. The third-order valence-corrected chi connectivity index (χ3v) is 1.72. The summed E-state index contributed by atoms with van der Waals surface area (Å²) in [4.78, 5) is 4.65. The van der Waals surface area contributed by atoms with Crippen molar-refractivity contribution in [1.82, 2.24) is 4.98 Å². The molecule has 3 nitrogen and oxygen atoms in total. The molecule has 2 N–H and O–H groups in total. The number of nitriles is 1. The number of aromatic nitrogens is 1. The van der Waals surface area contributed by atoms with E-state index in [0.717, 1.165) is 4.88 Å². The molecule has 1 rings (SSSR count). The number of nitrogens with two attached hydrogens (primary N) is 1. The van der Waals surface area contributed by atoms with Gasteiger partial charge >= 0.3 is 0 Å². The topological polar surface area (TPSA) is 62.7 Å². The molecule has 0 aromatic carbocycles. The molecule has 0 spiro atoms. The van der Waals surface area contributed by atoms with Crippen LogP contribution in [0.25, 0.3) is 0 Å². The van der Waals surface area contributed by atoms with Gasteiger partial charge in [0, 0.05) is 4.88 Å². The Bertz CT molecular complexity index is 258. The van der Waals surface area contributed by atoms with E-state index in [1.807, 2.05) is 13.0 Å². The molecular formula is C5H5N3S. The fraction of sp³-hybridized carbons (Fsp3) is 0.200. The van der Waals surface area contributed by atoms with Gasteiger partial charge < -0.3 is 5.73 Å². The number of rotatable bonds is 0. The second kappa shape index (κ2) is 2.03. The Balaban J connectivity index is 3.20. The minimum Gasteiger partial charge on any atom is -0.375 e. The predicted octanol–water partition coefficient (Wildman–Crippen LogP) is 0.905. The zero-order chi connectivity index (χ0) is 6.85. The van der Waals surface area contributed by atoms with Crippen molar-refractivity contribution in [2.75, 3.05) is 5.73 Å². The highest BCUT2D eigenvalue weighted by atomic mass is 32.1. The maximum atomic E-state index is 8.37. The van der Waals surface area contributed by atoms with Crippen LogP contribution in [-0.2, 0) is 0 Å². The van der Waals surface area contributed by atoms with Crippen LogP contribution in [0.1, 0.15) is 10.6 Å². The summed E-state index contributed by atoms with van der Waals surface area (Å²) >= 11 is 1.34. The lowest BCUT2D eigenvalue weighted by Gasteiger charge is -1.74. The Hall–Kier alpha value is -1.08. The van der Waals surface area contributed by atoms with Gasteiger partial charge in [0.05, 0.1) is 0 Å². The molecule has 0 fully saturated rings. The van der Waals surface area contributed by atoms with E-state index in [2.05, 4.69) is 4.98 Å². The largest absolute Gasteiger partial charge is 0.375 e. The molecule has 0 saturated carbocycles. The van der Waals surface area contributed by atoms with Crippen LogP contribution in [0.5, 0.6) is 0 Å². The highest BCUT2D eigenvalue weighted by Crippen LogP contribution is 2.17. The number of hydrogen-bond acceptors (Lipinski definition) is 4. The van der Waals surface area contributed by atoms with E-state index in [0.29, 0.717) is 10.8 Å². The van der Waals surface area contributed by atoms with Gasteiger partial charge in [-0.05, 0) is 6.92 Å². The normalized spacial score (nSPS) is 8.89. The fourth-order valence-electron chi connectivity index (χ4n) is 0.521. The van der Waals surface area contributed by atoms with Gasteiger partial charge in [-0.3, -0.25) is 0 Å².